The van der Waals surface area contributed by atoms with Gasteiger partial charge in [0.2, 0.25) is 5.90 Å². The van der Waals surface area contributed by atoms with Crippen molar-refractivity contribution in [1.82, 2.24) is 0 Å². The van der Waals surface area contributed by atoms with E-state index in [0.29, 0.717) is 11.6 Å². The van der Waals surface area contributed by atoms with Gasteiger partial charge in [0, 0.05) is 8.95 Å². The number of ether oxygens (including phenoxy) is 1. The molecule has 3 nitrogen and oxygen atoms in total. The summed E-state index contributed by atoms with van der Waals surface area (Å²) in [5, 5.41) is 0. The van der Waals surface area contributed by atoms with Gasteiger partial charge in [-0.15, -0.1) is 0 Å². The third kappa shape index (κ3) is 3.14. The molecule has 0 unspecified atom stereocenters. The van der Waals surface area contributed by atoms with Gasteiger partial charge >= 0.3 is 5.97 Å². The lowest BCUT2D eigenvalue weighted by Crippen LogP contribution is -2.05. The zero-order valence-corrected chi connectivity index (χ0v) is 13.9. The number of carbonyl (C=O) groups is 1. The number of nitrogens with zero attached hydrogens (tertiary/aromatic N) is 1. The topological polar surface area (TPSA) is 38.7 Å². The maximum absolute atomic E-state index is 11.9. The van der Waals surface area contributed by atoms with Crippen LogP contribution in [0.4, 0.5) is 0 Å². The lowest BCUT2D eigenvalue weighted by molar-refractivity contribution is -0.129. The molecule has 2 aromatic rings. The Labute approximate surface area is 138 Å². The summed E-state index contributed by atoms with van der Waals surface area (Å²) in [6.45, 7) is 0. The summed E-state index contributed by atoms with van der Waals surface area (Å²) >= 11 is 6.80. The van der Waals surface area contributed by atoms with Crippen molar-refractivity contribution in [2.24, 2.45) is 4.99 Å². The monoisotopic (exact) mass is 405 g/mol. The molecule has 0 radical (unpaired) electrons. The number of hydrogen-bond acceptors (Lipinski definition) is 3. The van der Waals surface area contributed by atoms with Gasteiger partial charge in [-0.25, -0.2) is 9.79 Å². The minimum Gasteiger partial charge on any atom is -0.402 e. The molecule has 0 aliphatic carbocycles. The Hall–Kier alpha value is -1.72. The van der Waals surface area contributed by atoms with Crippen molar-refractivity contribution < 1.29 is 9.53 Å². The highest BCUT2D eigenvalue weighted by Gasteiger charge is 2.25. The molecule has 0 saturated heterocycles. The third-order valence-electron chi connectivity index (χ3n) is 2.90. The Morgan fingerprint density at radius 3 is 2.43 bits per heavy atom. The normalized spacial score (nSPS) is 16.0. The largest absolute Gasteiger partial charge is 0.402 e. The van der Waals surface area contributed by atoms with E-state index in [0.717, 1.165) is 20.1 Å². The van der Waals surface area contributed by atoms with Crippen LogP contribution in [0.2, 0.25) is 0 Å². The second kappa shape index (κ2) is 5.95. The maximum Gasteiger partial charge on any atom is 0.363 e. The van der Waals surface area contributed by atoms with Crippen molar-refractivity contribution in [3.05, 3.63) is 74.3 Å². The van der Waals surface area contributed by atoms with E-state index in [2.05, 4.69) is 36.9 Å². The van der Waals surface area contributed by atoms with Crippen LogP contribution < -0.4 is 0 Å². The summed E-state index contributed by atoms with van der Waals surface area (Å²) in [5.41, 5.74) is 1.94. The van der Waals surface area contributed by atoms with E-state index in [4.69, 9.17) is 4.74 Å². The highest BCUT2D eigenvalue weighted by Crippen LogP contribution is 2.24. The first-order valence-electron chi connectivity index (χ1n) is 6.16. The first kappa shape index (κ1) is 14.2. The Bertz CT molecular complexity index is 764. The van der Waals surface area contributed by atoms with E-state index < -0.39 is 5.97 Å². The van der Waals surface area contributed by atoms with Crippen LogP contribution in [-0.4, -0.2) is 11.9 Å². The lowest BCUT2D eigenvalue weighted by Gasteiger charge is -2.01. The molecule has 104 valence electrons. The molecule has 1 aliphatic rings. The van der Waals surface area contributed by atoms with Gasteiger partial charge in [-0.05, 0) is 51.8 Å². The van der Waals surface area contributed by atoms with Crippen LogP contribution >= 0.6 is 31.9 Å². The molecular formula is C16H9Br2NO2. The molecule has 1 heterocycles. The first-order chi connectivity index (χ1) is 10.1. The molecule has 0 bridgehead atoms. The van der Waals surface area contributed by atoms with E-state index >= 15 is 0 Å². The van der Waals surface area contributed by atoms with Gasteiger partial charge in [-0.1, -0.05) is 40.2 Å². The Morgan fingerprint density at radius 1 is 1.00 bits per heavy atom. The summed E-state index contributed by atoms with van der Waals surface area (Å²) in [7, 11) is 0. The molecule has 21 heavy (non-hydrogen) atoms. The number of rotatable bonds is 2. The highest BCUT2D eigenvalue weighted by molar-refractivity contribution is 9.10. The minimum absolute atomic E-state index is 0.295. The zero-order chi connectivity index (χ0) is 14.8. The third-order valence-corrected chi connectivity index (χ3v) is 4.12. The number of esters is 1. The predicted molar refractivity (Wildman–Crippen MR) is 88.9 cm³/mol. The standard InChI is InChI=1S/C16H9Br2NO2/c17-11-7-5-10(6-8-11)9-14-16(20)21-15(19-14)12-3-1-2-4-13(12)18/h1-9H/b14-9+. The Balaban J connectivity index is 1.96. The van der Waals surface area contributed by atoms with Crippen LogP contribution in [0.25, 0.3) is 6.08 Å². The number of carbonyl (C=O) groups excluding carboxylic acids is 1. The quantitative estimate of drug-likeness (QED) is 0.541. The van der Waals surface area contributed by atoms with Gasteiger partial charge in [-0.2, -0.15) is 0 Å². The first-order valence-corrected chi connectivity index (χ1v) is 7.75. The van der Waals surface area contributed by atoms with E-state index in [-0.39, 0.29) is 0 Å². The number of hydrogen-bond donors (Lipinski definition) is 0. The average molecular weight is 407 g/mol. The van der Waals surface area contributed by atoms with Crippen molar-refractivity contribution in [1.29, 1.82) is 0 Å². The number of benzene rings is 2. The van der Waals surface area contributed by atoms with Crippen LogP contribution in [0.15, 0.2) is 68.2 Å². The van der Waals surface area contributed by atoms with Crippen molar-refractivity contribution >= 4 is 49.8 Å². The number of halogens is 2. The summed E-state index contributed by atoms with van der Waals surface area (Å²) in [5.74, 6) is -0.125. The molecule has 0 aromatic heterocycles. The fourth-order valence-corrected chi connectivity index (χ4v) is 2.59. The number of aliphatic imine (C=N–C) groups is 1. The average Bonchev–Trinajstić information content (AvgIpc) is 2.83. The molecule has 5 heteroatoms. The molecule has 0 amide bonds. The fourth-order valence-electron chi connectivity index (χ4n) is 1.88. The second-order valence-electron chi connectivity index (χ2n) is 4.37. The van der Waals surface area contributed by atoms with Crippen molar-refractivity contribution in [3.8, 4) is 0 Å². The molecule has 1 aliphatic heterocycles. The van der Waals surface area contributed by atoms with Crippen LogP contribution in [-0.2, 0) is 9.53 Å². The van der Waals surface area contributed by atoms with Crippen LogP contribution in [0.5, 0.6) is 0 Å². The molecule has 0 N–H and O–H groups in total. The predicted octanol–water partition coefficient (Wildman–Crippen LogP) is 4.56. The molecule has 3 rings (SSSR count). The lowest BCUT2D eigenvalue weighted by atomic mass is 10.2. The van der Waals surface area contributed by atoms with Crippen LogP contribution in [0, 0.1) is 0 Å². The van der Waals surface area contributed by atoms with Crippen molar-refractivity contribution in [2.75, 3.05) is 0 Å². The Kier molecular flexibility index (Phi) is 4.03. The number of cyclic esters (lactones) is 1. The molecular weight excluding hydrogens is 398 g/mol. The van der Waals surface area contributed by atoms with E-state index in [1.54, 1.807) is 6.08 Å². The summed E-state index contributed by atoms with van der Waals surface area (Å²) in [6, 6.07) is 15.1. The van der Waals surface area contributed by atoms with Gasteiger partial charge in [0.25, 0.3) is 0 Å². The van der Waals surface area contributed by atoms with E-state index in [1.807, 2.05) is 48.5 Å². The van der Waals surface area contributed by atoms with Crippen LogP contribution in [0.1, 0.15) is 11.1 Å². The van der Waals surface area contributed by atoms with Crippen molar-refractivity contribution in [3.63, 3.8) is 0 Å². The van der Waals surface area contributed by atoms with Gasteiger partial charge in [0.05, 0.1) is 5.56 Å². The molecule has 0 saturated carbocycles. The molecule has 0 fully saturated rings. The maximum atomic E-state index is 11.9. The van der Waals surface area contributed by atoms with E-state index in [9.17, 15) is 4.79 Å². The van der Waals surface area contributed by atoms with Gasteiger partial charge in [0.1, 0.15) is 0 Å². The fraction of sp³-hybridized carbons (Fsp3) is 0. The summed E-state index contributed by atoms with van der Waals surface area (Å²) < 4.78 is 7.06. The van der Waals surface area contributed by atoms with Gasteiger partial charge < -0.3 is 4.74 Å². The molecule has 0 atom stereocenters. The zero-order valence-electron chi connectivity index (χ0n) is 10.7. The SMILES string of the molecule is O=C1OC(c2ccccc2Br)=N/C1=C/c1ccc(Br)cc1. The van der Waals surface area contributed by atoms with Gasteiger partial charge in [0.15, 0.2) is 5.70 Å². The second-order valence-corrected chi connectivity index (χ2v) is 6.14. The van der Waals surface area contributed by atoms with Crippen molar-refractivity contribution in [2.45, 2.75) is 0 Å². The summed E-state index contributed by atoms with van der Waals surface area (Å²) in [4.78, 5) is 16.2. The Morgan fingerprint density at radius 2 is 1.71 bits per heavy atom. The highest BCUT2D eigenvalue weighted by atomic mass is 79.9. The smallest absolute Gasteiger partial charge is 0.363 e. The van der Waals surface area contributed by atoms with Gasteiger partial charge in [-0.3, -0.25) is 0 Å². The molecule has 0 spiro atoms. The summed E-state index contributed by atoms with van der Waals surface area (Å²) in [6.07, 6.45) is 1.71. The van der Waals surface area contributed by atoms with Crippen LogP contribution in [0.3, 0.4) is 0 Å². The minimum atomic E-state index is -0.441. The molecule has 2 aromatic carbocycles. The van der Waals surface area contributed by atoms with E-state index in [1.165, 1.54) is 0 Å².